The van der Waals surface area contributed by atoms with E-state index in [1.54, 1.807) is 30.3 Å². The van der Waals surface area contributed by atoms with Crippen molar-refractivity contribution < 1.29 is 14.3 Å². The second-order valence-corrected chi connectivity index (χ2v) is 8.53. The maximum Gasteiger partial charge on any atom is 0.259 e. The quantitative estimate of drug-likeness (QED) is 0.510. The number of ether oxygens (including phenoxy) is 1. The maximum absolute atomic E-state index is 13.0. The maximum atomic E-state index is 13.0. The first kappa shape index (κ1) is 22.8. The number of para-hydroxylation sites is 1. The molecule has 0 bridgehead atoms. The fourth-order valence-corrected chi connectivity index (χ4v) is 4.17. The monoisotopic (exact) mass is 463 g/mol. The van der Waals surface area contributed by atoms with Gasteiger partial charge in [-0.05, 0) is 66.9 Å². The number of benzene rings is 3. The van der Waals surface area contributed by atoms with Gasteiger partial charge in [0.2, 0.25) is 5.91 Å². The van der Waals surface area contributed by atoms with E-state index in [1.807, 2.05) is 42.5 Å². The van der Waals surface area contributed by atoms with E-state index in [0.717, 1.165) is 30.5 Å². The highest BCUT2D eigenvalue weighted by molar-refractivity contribution is 6.30. The minimum absolute atomic E-state index is 0.229. The summed E-state index contributed by atoms with van der Waals surface area (Å²) in [5.74, 6) is -0.0373. The first-order chi connectivity index (χ1) is 16.0. The highest BCUT2D eigenvalue weighted by atomic mass is 35.5. The number of hydrogen-bond acceptors (Lipinski definition) is 4. The number of likely N-dealkylation sites (tertiary alicyclic amines) is 1. The van der Waals surface area contributed by atoms with Crippen LogP contribution in [0.2, 0.25) is 5.02 Å². The number of carbonyl (C=O) groups excluding carboxylic acids is 2. The summed E-state index contributed by atoms with van der Waals surface area (Å²) in [6, 6.07) is 21.9. The molecule has 4 rings (SSSR count). The molecule has 3 aromatic rings. The fourth-order valence-electron chi connectivity index (χ4n) is 4.04. The van der Waals surface area contributed by atoms with Crippen LogP contribution >= 0.6 is 11.6 Å². The number of rotatable bonds is 8. The molecule has 170 valence electrons. The molecule has 1 fully saturated rings. The van der Waals surface area contributed by atoms with Gasteiger partial charge in [0.15, 0.2) is 0 Å². The van der Waals surface area contributed by atoms with Crippen LogP contribution < -0.4 is 15.8 Å². The summed E-state index contributed by atoms with van der Waals surface area (Å²) in [4.78, 5) is 26.8. The van der Waals surface area contributed by atoms with Gasteiger partial charge >= 0.3 is 0 Å². The Morgan fingerprint density at radius 1 is 1.03 bits per heavy atom. The van der Waals surface area contributed by atoms with Gasteiger partial charge in [0.25, 0.3) is 5.91 Å². The molecule has 1 unspecified atom stereocenters. The Morgan fingerprint density at radius 3 is 2.61 bits per heavy atom. The molecule has 3 aromatic carbocycles. The fraction of sp³-hybridized carbons (Fsp3) is 0.231. The first-order valence-electron chi connectivity index (χ1n) is 10.9. The molecule has 33 heavy (non-hydrogen) atoms. The zero-order valence-corrected chi connectivity index (χ0v) is 18.9. The Morgan fingerprint density at radius 2 is 1.82 bits per heavy atom. The van der Waals surface area contributed by atoms with E-state index in [1.165, 1.54) is 0 Å². The Kier molecular flexibility index (Phi) is 7.27. The molecule has 0 aliphatic carbocycles. The van der Waals surface area contributed by atoms with Crippen LogP contribution in [0, 0.1) is 0 Å². The van der Waals surface area contributed by atoms with Gasteiger partial charge in [-0.1, -0.05) is 48.0 Å². The zero-order chi connectivity index (χ0) is 23.2. The zero-order valence-electron chi connectivity index (χ0n) is 18.2. The normalized spacial score (nSPS) is 15.8. The summed E-state index contributed by atoms with van der Waals surface area (Å²) in [5, 5.41) is 3.62. The average molecular weight is 464 g/mol. The van der Waals surface area contributed by atoms with Crippen LogP contribution in [0.25, 0.3) is 0 Å². The lowest BCUT2D eigenvalue weighted by atomic mass is 10.1. The third-order valence-electron chi connectivity index (χ3n) is 5.70. The standard InChI is InChI=1S/C26H26ClN3O3/c27-20-12-10-18(11-13-20)17-33-24-9-2-1-7-22(24)26(32)29-21-6-3-5-19(15-21)16-30-14-4-8-23(30)25(28)31/h1-3,5-7,9-13,15,23H,4,8,14,16-17H2,(H2,28,31)(H,29,32). The van der Waals surface area contributed by atoms with Crippen LogP contribution in [0.1, 0.15) is 34.3 Å². The second-order valence-electron chi connectivity index (χ2n) is 8.10. The molecule has 2 amide bonds. The summed E-state index contributed by atoms with van der Waals surface area (Å²) in [6.07, 6.45) is 1.75. The molecule has 1 heterocycles. The Bertz CT molecular complexity index is 1130. The van der Waals surface area contributed by atoms with Crippen molar-refractivity contribution in [1.29, 1.82) is 0 Å². The number of primary amides is 1. The largest absolute Gasteiger partial charge is 0.488 e. The van der Waals surface area contributed by atoms with Crippen LogP contribution in [-0.2, 0) is 17.9 Å². The highest BCUT2D eigenvalue weighted by Gasteiger charge is 2.28. The van der Waals surface area contributed by atoms with Crippen LogP contribution in [0.15, 0.2) is 72.8 Å². The van der Waals surface area contributed by atoms with Gasteiger partial charge < -0.3 is 15.8 Å². The number of anilines is 1. The first-order valence-corrected chi connectivity index (χ1v) is 11.3. The summed E-state index contributed by atoms with van der Waals surface area (Å²) in [7, 11) is 0. The van der Waals surface area contributed by atoms with Crippen LogP contribution in [0.4, 0.5) is 5.69 Å². The molecular weight excluding hydrogens is 438 g/mol. The van der Waals surface area contributed by atoms with Crippen molar-refractivity contribution in [1.82, 2.24) is 4.90 Å². The van der Waals surface area contributed by atoms with Crippen molar-refractivity contribution in [3.05, 3.63) is 94.5 Å². The Labute approximate surface area is 198 Å². The molecule has 1 aliphatic heterocycles. The summed E-state index contributed by atoms with van der Waals surface area (Å²) in [5.41, 5.74) is 8.62. The van der Waals surface area contributed by atoms with E-state index in [2.05, 4.69) is 10.2 Å². The van der Waals surface area contributed by atoms with Crippen LogP contribution in [0.3, 0.4) is 0 Å². The van der Waals surface area contributed by atoms with E-state index >= 15 is 0 Å². The molecule has 7 heteroatoms. The lowest BCUT2D eigenvalue weighted by molar-refractivity contribution is -0.122. The van der Waals surface area contributed by atoms with Crippen molar-refractivity contribution in [2.75, 3.05) is 11.9 Å². The average Bonchev–Trinajstić information content (AvgIpc) is 3.27. The van der Waals surface area contributed by atoms with E-state index in [-0.39, 0.29) is 17.9 Å². The molecule has 0 spiro atoms. The molecule has 1 aliphatic rings. The lowest BCUT2D eigenvalue weighted by Crippen LogP contribution is -2.39. The molecule has 6 nitrogen and oxygen atoms in total. The smallest absolute Gasteiger partial charge is 0.259 e. The van der Waals surface area contributed by atoms with Crippen LogP contribution in [-0.4, -0.2) is 29.3 Å². The molecule has 1 atom stereocenters. The molecule has 3 N–H and O–H groups in total. The summed E-state index contributed by atoms with van der Waals surface area (Å²) < 4.78 is 5.91. The minimum atomic E-state index is -0.285. The third kappa shape index (κ3) is 5.92. The van der Waals surface area contributed by atoms with Gasteiger partial charge in [0, 0.05) is 17.3 Å². The van der Waals surface area contributed by atoms with Crippen molar-refractivity contribution in [2.45, 2.75) is 32.0 Å². The Hall–Kier alpha value is -3.35. The van der Waals surface area contributed by atoms with Gasteiger partial charge in [0.05, 0.1) is 11.6 Å². The number of hydrogen-bond donors (Lipinski definition) is 2. The Balaban J connectivity index is 1.43. The van der Waals surface area contributed by atoms with E-state index < -0.39 is 0 Å². The van der Waals surface area contributed by atoms with Gasteiger partial charge in [-0.15, -0.1) is 0 Å². The van der Waals surface area contributed by atoms with Crippen molar-refractivity contribution in [3.8, 4) is 5.75 Å². The number of nitrogens with one attached hydrogen (secondary N) is 1. The van der Waals surface area contributed by atoms with E-state index in [0.29, 0.717) is 35.2 Å². The highest BCUT2D eigenvalue weighted by Crippen LogP contribution is 2.24. The minimum Gasteiger partial charge on any atom is -0.488 e. The van der Waals surface area contributed by atoms with E-state index in [9.17, 15) is 9.59 Å². The molecule has 0 aromatic heterocycles. The molecule has 0 radical (unpaired) electrons. The third-order valence-corrected chi connectivity index (χ3v) is 5.95. The molecular formula is C26H26ClN3O3. The number of halogens is 1. The SMILES string of the molecule is NC(=O)C1CCCN1Cc1cccc(NC(=O)c2ccccc2OCc2ccc(Cl)cc2)c1. The van der Waals surface area contributed by atoms with Crippen molar-refractivity contribution >= 4 is 29.1 Å². The topological polar surface area (TPSA) is 84.7 Å². The van der Waals surface area contributed by atoms with Crippen molar-refractivity contribution in [2.24, 2.45) is 5.73 Å². The van der Waals surface area contributed by atoms with Gasteiger partial charge in [0.1, 0.15) is 12.4 Å². The van der Waals surface area contributed by atoms with Gasteiger partial charge in [-0.25, -0.2) is 0 Å². The lowest BCUT2D eigenvalue weighted by Gasteiger charge is -2.22. The summed E-state index contributed by atoms with van der Waals surface area (Å²) >= 11 is 5.94. The van der Waals surface area contributed by atoms with E-state index in [4.69, 9.17) is 22.1 Å². The number of nitrogens with zero attached hydrogens (tertiary/aromatic N) is 1. The van der Waals surface area contributed by atoms with Gasteiger partial charge in [-0.2, -0.15) is 0 Å². The molecule has 0 saturated carbocycles. The predicted octanol–water partition coefficient (Wildman–Crippen LogP) is 4.62. The summed E-state index contributed by atoms with van der Waals surface area (Å²) in [6.45, 7) is 1.77. The van der Waals surface area contributed by atoms with Crippen LogP contribution in [0.5, 0.6) is 5.75 Å². The number of nitrogens with two attached hydrogens (primary N) is 1. The number of carbonyl (C=O) groups is 2. The predicted molar refractivity (Wildman–Crippen MR) is 129 cm³/mol. The van der Waals surface area contributed by atoms with Crippen molar-refractivity contribution in [3.63, 3.8) is 0 Å². The molecule has 1 saturated heterocycles. The van der Waals surface area contributed by atoms with Gasteiger partial charge in [-0.3, -0.25) is 14.5 Å². The second kappa shape index (κ2) is 10.5. The number of amides is 2.